The zero-order valence-corrected chi connectivity index (χ0v) is 25.3. The van der Waals surface area contributed by atoms with Gasteiger partial charge >= 0.3 is 11.8 Å². The van der Waals surface area contributed by atoms with Crippen LogP contribution in [0.25, 0.3) is 11.2 Å². The van der Waals surface area contributed by atoms with Crippen molar-refractivity contribution in [1.29, 1.82) is 0 Å². The highest BCUT2D eigenvalue weighted by Crippen LogP contribution is 2.24. The van der Waals surface area contributed by atoms with Gasteiger partial charge in [0.05, 0.1) is 12.2 Å². The lowest BCUT2D eigenvalue weighted by atomic mass is 10.1. The van der Waals surface area contributed by atoms with Crippen LogP contribution in [0.3, 0.4) is 0 Å². The van der Waals surface area contributed by atoms with Crippen LogP contribution >= 0.6 is 0 Å². The number of aromatic nitrogens is 4. The molecule has 1 aliphatic rings. The van der Waals surface area contributed by atoms with Crippen molar-refractivity contribution < 1.29 is 19.1 Å². The summed E-state index contributed by atoms with van der Waals surface area (Å²) in [6, 6.07) is 6.28. The molecule has 4 rings (SSSR count). The quantitative estimate of drug-likeness (QED) is 0.314. The Labute approximate surface area is 248 Å². The third-order valence-corrected chi connectivity index (χ3v) is 6.93. The molecule has 1 unspecified atom stereocenters. The number of Topliss-reactive ketones (excluding diaryl/α,β-unsaturated/α-hetero) is 1. The highest BCUT2D eigenvalue weighted by atomic mass is 16.6. The van der Waals surface area contributed by atoms with Crippen molar-refractivity contribution in [2.75, 3.05) is 23.3 Å². The molecular weight excluding hydrogens is 554 g/mol. The van der Waals surface area contributed by atoms with Gasteiger partial charge in [-0.1, -0.05) is 18.1 Å². The summed E-state index contributed by atoms with van der Waals surface area (Å²) in [6.45, 7) is 9.01. The second kappa shape index (κ2) is 12.6. The maximum atomic E-state index is 13.8. The molecular formula is C30H37N7O6. The van der Waals surface area contributed by atoms with E-state index in [4.69, 9.17) is 9.72 Å². The molecule has 0 radical (unpaired) electrons. The summed E-state index contributed by atoms with van der Waals surface area (Å²) in [5, 5.41) is 5.55. The summed E-state index contributed by atoms with van der Waals surface area (Å²) in [5.74, 6) is 5.36. The van der Waals surface area contributed by atoms with Crippen LogP contribution in [0.4, 0.5) is 16.4 Å². The van der Waals surface area contributed by atoms with Gasteiger partial charge in [0, 0.05) is 31.7 Å². The molecule has 1 aliphatic heterocycles. The van der Waals surface area contributed by atoms with Gasteiger partial charge in [-0.2, -0.15) is 4.98 Å². The van der Waals surface area contributed by atoms with Gasteiger partial charge in [-0.05, 0) is 59.6 Å². The molecule has 2 aromatic heterocycles. The van der Waals surface area contributed by atoms with Crippen LogP contribution in [0.15, 0.2) is 33.9 Å². The van der Waals surface area contributed by atoms with Crippen molar-refractivity contribution in [2.45, 2.75) is 72.2 Å². The fourth-order valence-electron chi connectivity index (χ4n) is 5.03. The topological polar surface area (TPSA) is 150 Å². The Kier molecular flexibility index (Phi) is 9.08. The van der Waals surface area contributed by atoms with Crippen LogP contribution < -0.4 is 26.8 Å². The molecule has 3 aromatic rings. The number of aryl methyl sites for hydroxylation is 1. The first-order valence-electron chi connectivity index (χ1n) is 14.0. The van der Waals surface area contributed by atoms with Crippen molar-refractivity contribution in [3.05, 3.63) is 50.7 Å². The highest BCUT2D eigenvalue weighted by Gasteiger charge is 2.29. The monoisotopic (exact) mass is 591 g/mol. The molecule has 2 N–H and O–H groups in total. The van der Waals surface area contributed by atoms with Gasteiger partial charge in [0.15, 0.2) is 16.9 Å². The molecule has 1 atom stereocenters. The number of ether oxygens (including phenoxy) is 1. The highest BCUT2D eigenvalue weighted by molar-refractivity contribution is 6.03. The van der Waals surface area contributed by atoms with E-state index in [0.29, 0.717) is 24.6 Å². The molecule has 0 saturated carbocycles. The molecule has 1 aromatic carbocycles. The second-order valence-electron chi connectivity index (χ2n) is 11.4. The van der Waals surface area contributed by atoms with E-state index < -0.39 is 35.4 Å². The van der Waals surface area contributed by atoms with Crippen molar-refractivity contribution in [1.82, 2.24) is 24.0 Å². The Balaban J connectivity index is 1.70. The molecule has 43 heavy (non-hydrogen) atoms. The Bertz CT molecular complexity index is 1750. The van der Waals surface area contributed by atoms with Crippen molar-refractivity contribution in [2.24, 2.45) is 7.05 Å². The molecule has 1 saturated heterocycles. The molecule has 0 bridgehead atoms. The number of hydrogen-bond donors (Lipinski definition) is 2. The number of anilines is 2. The smallest absolute Gasteiger partial charge is 0.407 e. The first-order valence-corrected chi connectivity index (χ1v) is 14.0. The first kappa shape index (κ1) is 31.1. The van der Waals surface area contributed by atoms with E-state index >= 15 is 0 Å². The molecule has 0 spiro atoms. The SMILES string of the molecule is CC#CCn1c(N2CCCC(NC(=O)OC(C)(C)C)C2)nc2c1c(=O)n(CC(=O)Nc1ccccc1C(C)=O)c(=O)n2C. The van der Waals surface area contributed by atoms with Crippen LogP contribution in [0.5, 0.6) is 0 Å². The van der Waals surface area contributed by atoms with Gasteiger partial charge in [0.2, 0.25) is 11.9 Å². The van der Waals surface area contributed by atoms with Crippen LogP contribution in [0, 0.1) is 11.8 Å². The van der Waals surface area contributed by atoms with E-state index in [1.807, 2.05) is 4.90 Å². The zero-order valence-electron chi connectivity index (χ0n) is 25.3. The molecule has 1 fully saturated rings. The summed E-state index contributed by atoms with van der Waals surface area (Å²) in [5.41, 5.74) is -1.16. The van der Waals surface area contributed by atoms with Gasteiger partial charge < -0.3 is 20.3 Å². The number of benzene rings is 1. The zero-order chi connectivity index (χ0) is 31.5. The number of nitrogens with zero attached hydrogens (tertiary/aromatic N) is 5. The molecule has 0 aliphatic carbocycles. The van der Waals surface area contributed by atoms with E-state index in [-0.39, 0.29) is 35.2 Å². The minimum Gasteiger partial charge on any atom is -0.444 e. The minimum absolute atomic E-state index is 0.120. The molecule has 13 nitrogen and oxygen atoms in total. The van der Waals surface area contributed by atoms with Crippen molar-refractivity contribution >= 4 is 40.6 Å². The first-order chi connectivity index (χ1) is 20.3. The van der Waals surface area contributed by atoms with Crippen molar-refractivity contribution in [3.63, 3.8) is 0 Å². The average molecular weight is 592 g/mol. The number of nitrogens with one attached hydrogen (secondary N) is 2. The number of carbonyl (C=O) groups excluding carboxylic acids is 3. The number of fused-ring (bicyclic) bond motifs is 1. The van der Waals surface area contributed by atoms with Crippen LogP contribution in [-0.2, 0) is 29.7 Å². The Hall–Kier alpha value is -4.86. The lowest BCUT2D eigenvalue weighted by Crippen LogP contribution is -2.49. The van der Waals surface area contributed by atoms with Crippen LogP contribution in [0.2, 0.25) is 0 Å². The van der Waals surface area contributed by atoms with Gasteiger partial charge in [-0.25, -0.2) is 14.2 Å². The fraction of sp³-hybridized carbons (Fsp3) is 0.467. The predicted octanol–water partition coefficient (Wildman–Crippen LogP) is 2.25. The molecule has 228 valence electrons. The third-order valence-electron chi connectivity index (χ3n) is 6.93. The number of carbonyl (C=O) groups is 3. The number of imidazole rings is 1. The summed E-state index contributed by atoms with van der Waals surface area (Å²) in [7, 11) is 1.49. The summed E-state index contributed by atoms with van der Waals surface area (Å²) in [4.78, 5) is 71.1. The summed E-state index contributed by atoms with van der Waals surface area (Å²) >= 11 is 0. The van der Waals surface area contributed by atoms with E-state index in [9.17, 15) is 24.0 Å². The average Bonchev–Trinajstić information content (AvgIpc) is 3.32. The van der Waals surface area contributed by atoms with Gasteiger partial charge in [-0.3, -0.25) is 23.5 Å². The number of alkyl carbamates (subject to hydrolysis) is 1. The maximum Gasteiger partial charge on any atom is 0.407 e. The van der Waals surface area contributed by atoms with Crippen LogP contribution in [0.1, 0.15) is 57.8 Å². The number of ketones is 1. The van der Waals surface area contributed by atoms with E-state index in [1.165, 1.54) is 18.5 Å². The number of amides is 2. The Morgan fingerprint density at radius 1 is 1.14 bits per heavy atom. The van der Waals surface area contributed by atoms with E-state index in [2.05, 4.69) is 22.5 Å². The van der Waals surface area contributed by atoms with E-state index in [0.717, 1.165) is 17.4 Å². The van der Waals surface area contributed by atoms with Crippen molar-refractivity contribution in [3.8, 4) is 11.8 Å². The van der Waals surface area contributed by atoms with Gasteiger partial charge in [-0.15, -0.1) is 5.92 Å². The Morgan fingerprint density at radius 2 is 1.86 bits per heavy atom. The molecule has 13 heteroatoms. The van der Waals surface area contributed by atoms with Crippen LogP contribution in [-0.4, -0.2) is 61.2 Å². The predicted molar refractivity (Wildman–Crippen MR) is 162 cm³/mol. The molecule has 3 heterocycles. The lowest BCUT2D eigenvalue weighted by molar-refractivity contribution is -0.116. The normalized spacial score (nSPS) is 15.0. The summed E-state index contributed by atoms with van der Waals surface area (Å²) in [6.07, 6.45) is 0.964. The largest absolute Gasteiger partial charge is 0.444 e. The number of rotatable bonds is 7. The maximum absolute atomic E-state index is 13.8. The third kappa shape index (κ3) is 6.97. The number of hydrogen-bond acceptors (Lipinski definition) is 8. The fourth-order valence-corrected chi connectivity index (χ4v) is 5.03. The standard InChI is InChI=1S/C30H37N7O6/c1-7-8-16-36-24-25(33-27(36)35-15-11-12-20(17-35)31-28(41)43-30(3,4)5)34(6)29(42)37(26(24)40)18-23(39)32-22-14-10-9-13-21(22)19(2)38/h9-10,13-14,20H,11-12,15-18H2,1-6H3,(H,31,41)(H,32,39). The Morgan fingerprint density at radius 3 is 2.53 bits per heavy atom. The molecule has 2 amide bonds. The number of piperidine rings is 1. The number of para-hydroxylation sites is 1. The van der Waals surface area contributed by atoms with E-state index in [1.54, 1.807) is 56.5 Å². The minimum atomic E-state index is -0.714. The lowest BCUT2D eigenvalue weighted by Gasteiger charge is -2.34. The van der Waals surface area contributed by atoms with Gasteiger partial charge in [0.1, 0.15) is 12.1 Å². The summed E-state index contributed by atoms with van der Waals surface area (Å²) < 4.78 is 9.13. The van der Waals surface area contributed by atoms with Gasteiger partial charge in [0.25, 0.3) is 5.56 Å². The second-order valence-corrected chi connectivity index (χ2v) is 11.4.